The summed E-state index contributed by atoms with van der Waals surface area (Å²) < 4.78 is 4.55. The fraction of sp³-hybridized carbons (Fsp3) is 0.800. The third-order valence-corrected chi connectivity index (χ3v) is 0.509. The van der Waals surface area contributed by atoms with Crippen LogP contribution in [0.4, 0.5) is 0 Å². The molecular formula is C5H11NaO2. The third kappa shape index (κ3) is 9.69. The first-order valence-electron chi connectivity index (χ1n) is 2.40. The Morgan fingerprint density at radius 2 is 2.12 bits per heavy atom. The second-order valence-electron chi connectivity index (χ2n) is 1.34. The summed E-state index contributed by atoms with van der Waals surface area (Å²) in [4.78, 5) is 9.98. The summed E-state index contributed by atoms with van der Waals surface area (Å²) >= 11 is 0. The molecule has 0 aromatic rings. The van der Waals surface area contributed by atoms with E-state index in [-0.39, 0.29) is 35.5 Å². The van der Waals surface area contributed by atoms with Crippen LogP contribution < -0.4 is 0 Å². The number of hydrogen-bond acceptors (Lipinski definition) is 2. The van der Waals surface area contributed by atoms with E-state index in [9.17, 15) is 4.79 Å². The molecule has 0 aromatic carbocycles. The summed E-state index contributed by atoms with van der Waals surface area (Å²) in [5.41, 5.74) is 0. The second-order valence-corrected chi connectivity index (χ2v) is 1.34. The van der Waals surface area contributed by atoms with E-state index in [0.29, 0.717) is 6.61 Å². The Labute approximate surface area is 71.9 Å². The average molecular weight is 126 g/mol. The van der Waals surface area contributed by atoms with E-state index in [1.165, 1.54) is 6.92 Å². The zero-order chi connectivity index (χ0) is 5.70. The number of rotatable bonds is 2. The van der Waals surface area contributed by atoms with E-state index in [1.54, 1.807) is 0 Å². The molecule has 44 valence electrons. The zero-order valence-electron chi connectivity index (χ0n) is 4.73. The van der Waals surface area contributed by atoms with E-state index in [0.717, 1.165) is 6.42 Å². The van der Waals surface area contributed by atoms with Gasteiger partial charge in [-0.2, -0.15) is 0 Å². The van der Waals surface area contributed by atoms with E-state index in [2.05, 4.69) is 4.74 Å². The SMILES string of the molecule is CCCOC(C)=O.[NaH]. The zero-order valence-corrected chi connectivity index (χ0v) is 4.73. The molecule has 0 saturated carbocycles. The molecule has 0 fully saturated rings. The summed E-state index contributed by atoms with van der Waals surface area (Å²) in [6.45, 7) is 3.92. The monoisotopic (exact) mass is 126 g/mol. The van der Waals surface area contributed by atoms with Crippen molar-refractivity contribution in [2.24, 2.45) is 0 Å². The van der Waals surface area contributed by atoms with Crippen LogP contribution in [0.15, 0.2) is 0 Å². The van der Waals surface area contributed by atoms with Crippen molar-refractivity contribution in [3.63, 3.8) is 0 Å². The quantitative estimate of drug-likeness (QED) is 0.393. The molecule has 0 unspecified atom stereocenters. The molecule has 0 aliphatic heterocycles. The number of carbonyl (C=O) groups excluding carboxylic acids is 1. The van der Waals surface area contributed by atoms with Gasteiger partial charge in [0.2, 0.25) is 0 Å². The Morgan fingerprint density at radius 3 is 2.25 bits per heavy atom. The summed E-state index contributed by atoms with van der Waals surface area (Å²) in [5.74, 6) is -0.193. The molecule has 8 heavy (non-hydrogen) atoms. The third-order valence-electron chi connectivity index (χ3n) is 0.509. The molecule has 0 rings (SSSR count). The fourth-order valence-corrected chi connectivity index (χ4v) is 0.246. The summed E-state index contributed by atoms with van der Waals surface area (Å²) in [5, 5.41) is 0. The first-order valence-corrected chi connectivity index (χ1v) is 2.40. The van der Waals surface area contributed by atoms with Crippen molar-refractivity contribution in [1.29, 1.82) is 0 Å². The van der Waals surface area contributed by atoms with Crippen molar-refractivity contribution >= 4 is 35.5 Å². The minimum atomic E-state index is -0.193. The van der Waals surface area contributed by atoms with Crippen molar-refractivity contribution in [1.82, 2.24) is 0 Å². The molecule has 0 spiro atoms. The molecule has 0 aromatic heterocycles. The number of ether oxygens (including phenoxy) is 1. The van der Waals surface area contributed by atoms with Gasteiger partial charge in [-0.25, -0.2) is 0 Å². The standard InChI is InChI=1S/C5H10O2.Na.H/c1-3-4-7-5(2)6;;/h3-4H2,1-2H3;;. The van der Waals surface area contributed by atoms with Crippen LogP contribution >= 0.6 is 0 Å². The van der Waals surface area contributed by atoms with E-state index >= 15 is 0 Å². The normalized spacial score (nSPS) is 7.25. The van der Waals surface area contributed by atoms with Gasteiger partial charge in [0.1, 0.15) is 0 Å². The van der Waals surface area contributed by atoms with Crippen LogP contribution in [0.3, 0.4) is 0 Å². The van der Waals surface area contributed by atoms with Crippen molar-refractivity contribution < 1.29 is 9.53 Å². The molecule has 2 nitrogen and oxygen atoms in total. The maximum absolute atomic E-state index is 9.98. The van der Waals surface area contributed by atoms with Gasteiger partial charge in [0.25, 0.3) is 0 Å². The van der Waals surface area contributed by atoms with Gasteiger partial charge in [-0.1, -0.05) is 6.92 Å². The summed E-state index contributed by atoms with van der Waals surface area (Å²) in [6, 6.07) is 0. The summed E-state index contributed by atoms with van der Waals surface area (Å²) in [6.07, 6.45) is 0.902. The van der Waals surface area contributed by atoms with Crippen LogP contribution in [0, 0.1) is 0 Å². The molecule has 0 amide bonds. The van der Waals surface area contributed by atoms with Crippen LogP contribution in [-0.2, 0) is 9.53 Å². The van der Waals surface area contributed by atoms with Gasteiger partial charge in [0.15, 0.2) is 0 Å². The van der Waals surface area contributed by atoms with Crippen molar-refractivity contribution in [2.45, 2.75) is 20.3 Å². The molecule has 0 N–H and O–H groups in total. The molecule has 0 aliphatic carbocycles. The summed E-state index contributed by atoms with van der Waals surface area (Å²) in [7, 11) is 0. The number of carbonyl (C=O) groups is 1. The van der Waals surface area contributed by atoms with Gasteiger partial charge in [0, 0.05) is 6.92 Å². The van der Waals surface area contributed by atoms with Gasteiger partial charge in [0.05, 0.1) is 6.61 Å². The maximum atomic E-state index is 9.98. The predicted octanol–water partition coefficient (Wildman–Crippen LogP) is 0.311. The molecule has 0 heterocycles. The van der Waals surface area contributed by atoms with Gasteiger partial charge in [-0.15, -0.1) is 0 Å². The van der Waals surface area contributed by atoms with Gasteiger partial charge >= 0.3 is 35.5 Å². The Bertz CT molecular complexity index is 63.4. The molecule has 0 aliphatic rings. The minimum absolute atomic E-state index is 0. The Hall–Kier alpha value is 0.470. The van der Waals surface area contributed by atoms with E-state index in [4.69, 9.17) is 0 Å². The van der Waals surface area contributed by atoms with Crippen LogP contribution in [0.25, 0.3) is 0 Å². The topological polar surface area (TPSA) is 26.3 Å². The second kappa shape index (κ2) is 7.47. The van der Waals surface area contributed by atoms with Crippen LogP contribution in [-0.4, -0.2) is 42.1 Å². The van der Waals surface area contributed by atoms with Crippen molar-refractivity contribution in [3.8, 4) is 0 Å². The van der Waals surface area contributed by atoms with Crippen molar-refractivity contribution in [3.05, 3.63) is 0 Å². The number of hydrogen-bond donors (Lipinski definition) is 0. The first-order chi connectivity index (χ1) is 3.27. The van der Waals surface area contributed by atoms with Gasteiger partial charge in [-0.05, 0) is 6.42 Å². The van der Waals surface area contributed by atoms with E-state index in [1.807, 2.05) is 6.92 Å². The fourth-order valence-electron chi connectivity index (χ4n) is 0.246. The number of esters is 1. The molecule has 0 bridgehead atoms. The molecular weight excluding hydrogens is 115 g/mol. The predicted molar refractivity (Wildman–Crippen MR) is 34.1 cm³/mol. The van der Waals surface area contributed by atoms with Crippen LogP contribution in [0.5, 0.6) is 0 Å². The van der Waals surface area contributed by atoms with E-state index < -0.39 is 0 Å². The van der Waals surface area contributed by atoms with Crippen molar-refractivity contribution in [2.75, 3.05) is 6.61 Å². The Kier molecular flexibility index (Phi) is 10.5. The van der Waals surface area contributed by atoms with Crippen LogP contribution in [0.2, 0.25) is 0 Å². The molecule has 3 heteroatoms. The Balaban J connectivity index is 0. The first kappa shape index (κ1) is 11.3. The van der Waals surface area contributed by atoms with Gasteiger partial charge in [-0.3, -0.25) is 4.79 Å². The molecule has 0 radical (unpaired) electrons. The van der Waals surface area contributed by atoms with Gasteiger partial charge < -0.3 is 4.74 Å². The average Bonchev–Trinajstić information content (AvgIpc) is 1.61. The van der Waals surface area contributed by atoms with Crippen LogP contribution in [0.1, 0.15) is 20.3 Å². The molecule has 0 atom stereocenters. The Morgan fingerprint density at radius 1 is 1.62 bits per heavy atom. The molecule has 0 saturated heterocycles.